The number of aryl methyl sites for hydroxylation is 2. The van der Waals surface area contributed by atoms with Crippen LogP contribution in [0.25, 0.3) is 0 Å². The lowest BCUT2D eigenvalue weighted by Crippen LogP contribution is -2.50. The molecule has 0 saturated heterocycles. The molecule has 0 aromatic heterocycles. The van der Waals surface area contributed by atoms with Gasteiger partial charge >= 0.3 is 0 Å². The molecule has 1 heterocycles. The van der Waals surface area contributed by atoms with Gasteiger partial charge in [-0.15, -0.1) is 0 Å². The molecular weight excluding hydrogens is 476 g/mol. The van der Waals surface area contributed by atoms with Crippen LogP contribution in [0.3, 0.4) is 0 Å². The van der Waals surface area contributed by atoms with Crippen LogP contribution >= 0.6 is 11.6 Å². The number of halogens is 1. The maximum Gasteiger partial charge on any atom is 0.232 e. The predicted octanol–water partition coefficient (Wildman–Crippen LogP) is 4.35. The fraction of sp³-hybridized carbons (Fsp3) is 0.440. The van der Waals surface area contributed by atoms with Gasteiger partial charge in [0.1, 0.15) is 11.4 Å². The van der Waals surface area contributed by atoms with Crippen LogP contribution in [0.4, 0.5) is 5.69 Å². The lowest BCUT2D eigenvalue weighted by Gasteiger charge is -2.48. The minimum atomic E-state index is -3.53. The van der Waals surface area contributed by atoms with Gasteiger partial charge in [-0.3, -0.25) is 13.9 Å². The molecule has 182 valence electrons. The maximum absolute atomic E-state index is 13.0. The molecule has 1 unspecified atom stereocenters. The first-order valence-electron chi connectivity index (χ1n) is 11.3. The number of nitrogens with zero attached hydrogens (tertiary/aromatic N) is 1. The lowest BCUT2D eigenvalue weighted by molar-refractivity contribution is -0.123. The van der Waals surface area contributed by atoms with Crippen molar-refractivity contribution in [1.82, 2.24) is 5.32 Å². The van der Waals surface area contributed by atoms with Crippen LogP contribution in [-0.4, -0.2) is 39.5 Å². The van der Waals surface area contributed by atoms with E-state index < -0.39 is 10.0 Å². The number of anilines is 1. The van der Waals surface area contributed by atoms with Crippen molar-refractivity contribution in [3.05, 3.63) is 57.6 Å². The van der Waals surface area contributed by atoms with Gasteiger partial charge in [0.2, 0.25) is 15.9 Å². The van der Waals surface area contributed by atoms with E-state index in [9.17, 15) is 18.0 Å². The summed E-state index contributed by atoms with van der Waals surface area (Å²) in [6, 6.07) is 8.54. The molecular formula is C25H29ClN2O5S. The van der Waals surface area contributed by atoms with Gasteiger partial charge in [-0.2, -0.15) is 0 Å². The number of ether oxygens (including phenoxy) is 1. The highest BCUT2D eigenvalue weighted by Gasteiger charge is 2.46. The Balaban J connectivity index is 1.52. The van der Waals surface area contributed by atoms with E-state index in [1.165, 1.54) is 7.05 Å². The molecule has 1 spiro atoms. The maximum atomic E-state index is 13.0. The Kier molecular flexibility index (Phi) is 6.66. The van der Waals surface area contributed by atoms with Crippen molar-refractivity contribution in [2.24, 2.45) is 0 Å². The number of carbonyl (C=O) groups excluding carboxylic acids is 2. The molecule has 7 nitrogen and oxygen atoms in total. The van der Waals surface area contributed by atoms with E-state index in [1.807, 2.05) is 19.1 Å². The summed E-state index contributed by atoms with van der Waals surface area (Å²) in [4.78, 5) is 24.8. The fourth-order valence-corrected chi connectivity index (χ4v) is 5.62. The third kappa shape index (κ3) is 4.79. The lowest BCUT2D eigenvalue weighted by atomic mass is 9.72. The van der Waals surface area contributed by atoms with Crippen LogP contribution in [0.5, 0.6) is 5.75 Å². The van der Waals surface area contributed by atoms with Crippen LogP contribution in [0.2, 0.25) is 5.02 Å². The Hall–Kier alpha value is -2.58. The zero-order chi connectivity index (χ0) is 24.7. The van der Waals surface area contributed by atoms with E-state index in [1.54, 1.807) is 18.2 Å². The van der Waals surface area contributed by atoms with E-state index >= 15 is 0 Å². The van der Waals surface area contributed by atoms with Gasteiger partial charge in [0.25, 0.3) is 0 Å². The number of hydrogen-bond acceptors (Lipinski definition) is 5. The monoisotopic (exact) mass is 504 g/mol. The molecule has 1 atom stereocenters. The molecule has 1 N–H and O–H groups in total. The molecule has 4 rings (SSSR count). The van der Waals surface area contributed by atoms with E-state index in [2.05, 4.69) is 5.32 Å². The van der Waals surface area contributed by atoms with E-state index in [0.29, 0.717) is 35.4 Å². The Labute approximate surface area is 205 Å². The molecule has 9 heteroatoms. The molecule has 1 saturated carbocycles. The summed E-state index contributed by atoms with van der Waals surface area (Å²) < 4.78 is 31.4. The van der Waals surface area contributed by atoms with Crippen LogP contribution < -0.4 is 14.4 Å². The highest BCUT2D eigenvalue weighted by molar-refractivity contribution is 7.92. The van der Waals surface area contributed by atoms with Crippen molar-refractivity contribution in [3.63, 3.8) is 0 Å². The minimum Gasteiger partial charge on any atom is -0.487 e. The standard InChI is InChI=1S/C25H29ClN2O5S/c1-16-12-18(26)13-19-21(14-25(10-5-11-25)33-24(16)19)27-23(30)9-8-17-6-4-7-22(20(17)15-29)28(2)34(3,31)32/h4,6-7,12-13,15,21H,5,8-11,14H2,1-3H3,(H,27,30). The summed E-state index contributed by atoms with van der Waals surface area (Å²) in [6.07, 6.45) is 5.91. The van der Waals surface area contributed by atoms with Gasteiger partial charge in [-0.1, -0.05) is 23.7 Å². The summed E-state index contributed by atoms with van der Waals surface area (Å²) in [6.45, 7) is 1.96. The summed E-state index contributed by atoms with van der Waals surface area (Å²) in [5, 5.41) is 3.75. The average molecular weight is 505 g/mol. The number of aldehydes is 1. The number of carbonyl (C=O) groups is 2. The van der Waals surface area contributed by atoms with E-state index in [4.69, 9.17) is 16.3 Å². The van der Waals surface area contributed by atoms with Crippen LogP contribution in [0.1, 0.15) is 65.2 Å². The van der Waals surface area contributed by atoms with Gasteiger partial charge in [0.15, 0.2) is 6.29 Å². The molecule has 0 radical (unpaired) electrons. The van der Waals surface area contributed by atoms with Crippen LogP contribution in [-0.2, 0) is 21.2 Å². The zero-order valence-electron chi connectivity index (χ0n) is 19.6. The van der Waals surface area contributed by atoms with Gasteiger partial charge in [0, 0.05) is 36.0 Å². The van der Waals surface area contributed by atoms with Crippen LogP contribution in [0.15, 0.2) is 30.3 Å². The van der Waals surface area contributed by atoms with Crippen molar-refractivity contribution >= 4 is 39.5 Å². The summed E-state index contributed by atoms with van der Waals surface area (Å²) in [5.74, 6) is 0.657. The minimum absolute atomic E-state index is 0.149. The average Bonchev–Trinajstić information content (AvgIpc) is 2.75. The van der Waals surface area contributed by atoms with Crippen LogP contribution in [0, 0.1) is 6.92 Å². The summed E-state index contributed by atoms with van der Waals surface area (Å²) >= 11 is 6.30. The first-order valence-corrected chi connectivity index (χ1v) is 13.5. The SMILES string of the molecule is Cc1cc(Cl)cc2c1OC1(CCC1)CC2NC(=O)CCc1cccc(N(C)S(C)(=O)=O)c1C=O. The predicted molar refractivity (Wildman–Crippen MR) is 132 cm³/mol. The number of fused-ring (bicyclic) bond motifs is 1. The number of sulfonamides is 1. The third-order valence-electron chi connectivity index (χ3n) is 6.89. The summed E-state index contributed by atoms with van der Waals surface area (Å²) in [5.41, 5.74) is 2.80. The highest BCUT2D eigenvalue weighted by atomic mass is 35.5. The quantitative estimate of drug-likeness (QED) is 0.566. The highest BCUT2D eigenvalue weighted by Crippen LogP contribution is 2.50. The first kappa shape index (κ1) is 24.5. The number of nitrogens with one attached hydrogen (secondary N) is 1. The molecule has 1 amide bonds. The van der Waals surface area contributed by atoms with Crippen molar-refractivity contribution in [2.45, 2.75) is 57.1 Å². The third-order valence-corrected chi connectivity index (χ3v) is 8.30. The van der Waals surface area contributed by atoms with Gasteiger partial charge < -0.3 is 10.1 Å². The Morgan fingerprint density at radius 2 is 2.06 bits per heavy atom. The van der Waals surface area contributed by atoms with Gasteiger partial charge in [-0.05, 0) is 61.9 Å². The van der Waals surface area contributed by atoms with E-state index in [-0.39, 0.29) is 29.5 Å². The Morgan fingerprint density at radius 1 is 1.32 bits per heavy atom. The summed E-state index contributed by atoms with van der Waals surface area (Å²) in [7, 11) is -2.12. The first-order chi connectivity index (χ1) is 16.0. The van der Waals surface area contributed by atoms with Crippen molar-refractivity contribution in [2.75, 3.05) is 17.6 Å². The molecule has 1 aliphatic heterocycles. The number of hydrogen-bond donors (Lipinski definition) is 1. The molecule has 2 aromatic rings. The molecule has 34 heavy (non-hydrogen) atoms. The second-order valence-electron chi connectivity index (χ2n) is 9.30. The topological polar surface area (TPSA) is 92.8 Å². The van der Waals surface area contributed by atoms with Gasteiger partial charge in [-0.25, -0.2) is 8.42 Å². The fourth-order valence-electron chi connectivity index (χ4n) is 4.82. The molecule has 0 bridgehead atoms. The van der Waals surface area contributed by atoms with Crippen molar-refractivity contribution in [3.8, 4) is 5.75 Å². The molecule has 2 aliphatic rings. The Morgan fingerprint density at radius 3 is 2.68 bits per heavy atom. The number of rotatable bonds is 7. The van der Waals surface area contributed by atoms with Crippen molar-refractivity contribution < 1.29 is 22.7 Å². The molecule has 2 aromatic carbocycles. The second-order valence-corrected chi connectivity index (χ2v) is 11.8. The van der Waals surface area contributed by atoms with Crippen molar-refractivity contribution in [1.29, 1.82) is 0 Å². The Bertz CT molecular complexity index is 1240. The second kappa shape index (κ2) is 9.23. The largest absolute Gasteiger partial charge is 0.487 e. The smallest absolute Gasteiger partial charge is 0.232 e. The molecule has 1 aliphatic carbocycles. The normalized spacial score (nSPS) is 18.4. The van der Waals surface area contributed by atoms with Gasteiger partial charge in [0.05, 0.1) is 18.0 Å². The van der Waals surface area contributed by atoms with E-state index in [0.717, 1.165) is 46.7 Å². The molecule has 1 fully saturated rings. The number of amides is 1. The number of benzene rings is 2. The zero-order valence-corrected chi connectivity index (χ0v) is 21.1.